The third-order valence-corrected chi connectivity index (χ3v) is 9.53. The Kier molecular flexibility index (Phi) is 16.5. The molecule has 0 saturated carbocycles. The summed E-state index contributed by atoms with van der Waals surface area (Å²) < 4.78 is 33.8. The maximum Gasteiger partial charge on any atom is 0.220 e. The van der Waals surface area contributed by atoms with Crippen molar-refractivity contribution >= 4 is 15.7 Å². The van der Waals surface area contributed by atoms with E-state index in [0.717, 1.165) is 51.5 Å². The topological polar surface area (TPSA) is 206 Å². The quantitative estimate of drug-likeness (QED) is 0.0847. The number of carbonyl (C=O) groups excluding carboxylic acids is 1. The smallest absolute Gasteiger partial charge is 0.220 e. The third kappa shape index (κ3) is 12.7. The predicted molar refractivity (Wildman–Crippen MR) is 151 cm³/mol. The number of hydrogen-bond acceptors (Lipinski definition) is 12. The first-order valence-electron chi connectivity index (χ1n) is 15.0. The largest absolute Gasteiger partial charge is 0.394 e. The molecule has 2 rings (SSSR count). The predicted octanol–water partition coefficient (Wildman–Crippen LogP) is -1.34. The molecule has 2 aliphatic rings. The first-order chi connectivity index (χ1) is 19.5. The van der Waals surface area contributed by atoms with Crippen LogP contribution in [-0.4, -0.2) is 143 Å². The molecule has 7 N–H and O–H groups in total. The summed E-state index contributed by atoms with van der Waals surface area (Å²) >= 11 is 0. The summed E-state index contributed by atoms with van der Waals surface area (Å²) in [6.45, 7) is 2.94. The Morgan fingerprint density at radius 3 is 2.12 bits per heavy atom. The average Bonchev–Trinajstić information content (AvgIpc) is 2.95. The van der Waals surface area contributed by atoms with Gasteiger partial charge in [0.2, 0.25) is 5.91 Å². The van der Waals surface area contributed by atoms with E-state index in [1.165, 1.54) is 0 Å². The average molecular weight is 613 g/mol. The highest BCUT2D eigenvalue weighted by atomic mass is 32.2. The first kappa shape index (κ1) is 36.3. The summed E-state index contributed by atoms with van der Waals surface area (Å²) in [4.78, 5) is 14.8. The molecule has 14 heteroatoms. The van der Waals surface area contributed by atoms with E-state index in [1.807, 2.05) is 0 Å². The van der Waals surface area contributed by atoms with Crippen LogP contribution < -0.4 is 5.32 Å². The second-order valence-electron chi connectivity index (χ2n) is 11.2. The number of aliphatic hydroxyl groups excluding tert-OH is 6. The van der Waals surface area contributed by atoms with Crippen LogP contribution in [0.1, 0.15) is 71.1 Å². The van der Waals surface area contributed by atoms with E-state index < -0.39 is 65.4 Å². The Morgan fingerprint density at radius 2 is 1.54 bits per heavy atom. The van der Waals surface area contributed by atoms with Gasteiger partial charge in [0.1, 0.15) is 30.5 Å². The van der Waals surface area contributed by atoms with Gasteiger partial charge in [-0.2, -0.15) is 0 Å². The Labute approximate surface area is 243 Å². The highest BCUT2D eigenvalue weighted by Gasteiger charge is 2.44. The fourth-order valence-corrected chi connectivity index (χ4v) is 6.35. The highest BCUT2D eigenvalue weighted by molar-refractivity contribution is 7.91. The molecule has 0 bridgehead atoms. The SMILES string of the molecule is CC[C@@H](O)[C@@H](O)[C@H](COC1OC(CO)C(O)C(O)C1O)NC(=O)CCCCCCCCCCN1CCS(=O)(=O)CC1. The lowest BCUT2D eigenvalue weighted by atomic mass is 9.99. The van der Waals surface area contributed by atoms with E-state index in [9.17, 15) is 43.9 Å². The molecule has 5 unspecified atom stereocenters. The minimum absolute atomic E-state index is 0.232. The van der Waals surface area contributed by atoms with Crippen LogP contribution in [0.15, 0.2) is 0 Å². The first-order valence-corrected chi connectivity index (χ1v) is 16.8. The minimum atomic E-state index is -2.83. The second kappa shape index (κ2) is 18.7. The molecule has 2 aliphatic heterocycles. The molecule has 0 aromatic heterocycles. The van der Waals surface area contributed by atoms with E-state index in [-0.39, 0.29) is 36.9 Å². The van der Waals surface area contributed by atoms with E-state index in [1.54, 1.807) is 6.92 Å². The maximum absolute atomic E-state index is 12.6. The summed E-state index contributed by atoms with van der Waals surface area (Å²) in [5.41, 5.74) is 0. The lowest BCUT2D eigenvalue weighted by Gasteiger charge is -2.40. The zero-order valence-electron chi connectivity index (χ0n) is 24.2. The molecule has 0 spiro atoms. The number of rotatable bonds is 19. The van der Waals surface area contributed by atoms with Crippen molar-refractivity contribution in [2.45, 2.75) is 120 Å². The van der Waals surface area contributed by atoms with Crippen LogP contribution in [-0.2, 0) is 24.1 Å². The number of hydrogen-bond donors (Lipinski definition) is 7. The summed E-state index contributed by atoms with van der Waals surface area (Å²) in [6, 6.07) is -1.01. The van der Waals surface area contributed by atoms with Gasteiger partial charge in [0.25, 0.3) is 0 Å². The lowest BCUT2D eigenvalue weighted by molar-refractivity contribution is -0.303. The van der Waals surface area contributed by atoms with Crippen LogP contribution in [0.3, 0.4) is 0 Å². The van der Waals surface area contributed by atoms with Crippen LogP contribution in [0.25, 0.3) is 0 Å². The van der Waals surface area contributed by atoms with Gasteiger partial charge in [-0.1, -0.05) is 45.4 Å². The fourth-order valence-electron chi connectivity index (χ4n) is 5.07. The van der Waals surface area contributed by atoms with Crippen molar-refractivity contribution < 1.29 is 53.3 Å². The normalized spacial score (nSPS) is 29.1. The number of sulfone groups is 1. The molecule has 0 radical (unpaired) electrons. The van der Waals surface area contributed by atoms with Crippen molar-refractivity contribution in [1.82, 2.24) is 10.2 Å². The van der Waals surface area contributed by atoms with Crippen LogP contribution in [0.4, 0.5) is 0 Å². The monoisotopic (exact) mass is 612 g/mol. The molecule has 0 aromatic carbocycles. The molecule has 2 heterocycles. The van der Waals surface area contributed by atoms with Gasteiger partial charge in [-0.25, -0.2) is 8.42 Å². The Balaban J connectivity index is 1.63. The molecule has 0 aromatic rings. The van der Waals surface area contributed by atoms with Crippen LogP contribution >= 0.6 is 0 Å². The Bertz CT molecular complexity index is 833. The van der Waals surface area contributed by atoms with Crippen LogP contribution in [0, 0.1) is 0 Å². The number of ether oxygens (including phenoxy) is 2. The van der Waals surface area contributed by atoms with Crippen molar-refractivity contribution in [2.75, 3.05) is 44.4 Å². The number of aliphatic hydroxyl groups is 6. The molecule has 242 valence electrons. The van der Waals surface area contributed by atoms with Gasteiger partial charge in [0.05, 0.1) is 36.9 Å². The van der Waals surface area contributed by atoms with Gasteiger partial charge in [-0.15, -0.1) is 0 Å². The van der Waals surface area contributed by atoms with Gasteiger partial charge in [-0.3, -0.25) is 4.79 Å². The van der Waals surface area contributed by atoms with Gasteiger partial charge in [-0.05, 0) is 25.8 Å². The fraction of sp³-hybridized carbons (Fsp3) is 0.963. The standard InChI is InChI=1S/C27H52N2O11S/c1-2-20(31)23(33)19(18-39-27-26(36)25(35)24(34)21(17-30)40-27)28-22(32)11-9-7-5-3-4-6-8-10-12-29-13-15-41(37,38)16-14-29/h19-21,23-27,30-31,33-36H,2-18H2,1H3,(H,28,32)/t19-,20+,21?,23-,24?,25?,26?,27?/m0/s1. The molecule has 2 fully saturated rings. The number of carbonyl (C=O) groups is 1. The van der Waals surface area contributed by atoms with E-state index in [2.05, 4.69) is 10.2 Å². The summed E-state index contributed by atoms with van der Waals surface area (Å²) in [6.07, 6.45) is -1.33. The van der Waals surface area contributed by atoms with Gasteiger partial charge in [0.15, 0.2) is 16.1 Å². The summed E-state index contributed by atoms with van der Waals surface area (Å²) in [7, 11) is -2.83. The Morgan fingerprint density at radius 1 is 0.951 bits per heavy atom. The number of unbranched alkanes of at least 4 members (excludes halogenated alkanes) is 7. The van der Waals surface area contributed by atoms with Crippen molar-refractivity contribution in [2.24, 2.45) is 0 Å². The molecule has 0 aliphatic carbocycles. The molecule has 13 nitrogen and oxygen atoms in total. The minimum Gasteiger partial charge on any atom is -0.394 e. The summed E-state index contributed by atoms with van der Waals surface area (Å²) in [5, 5.41) is 62.7. The second-order valence-corrected chi connectivity index (χ2v) is 13.5. The number of nitrogens with one attached hydrogen (secondary N) is 1. The van der Waals surface area contributed by atoms with Gasteiger partial charge < -0.3 is 50.3 Å². The van der Waals surface area contributed by atoms with E-state index in [0.29, 0.717) is 19.5 Å². The van der Waals surface area contributed by atoms with Crippen LogP contribution in [0.5, 0.6) is 0 Å². The molecular formula is C27H52N2O11S. The van der Waals surface area contributed by atoms with Crippen molar-refractivity contribution in [3.63, 3.8) is 0 Å². The number of nitrogens with zero attached hydrogens (tertiary/aromatic N) is 1. The molecule has 41 heavy (non-hydrogen) atoms. The summed E-state index contributed by atoms with van der Waals surface area (Å²) in [5.74, 6) is 0.214. The third-order valence-electron chi connectivity index (χ3n) is 7.92. The highest BCUT2D eigenvalue weighted by Crippen LogP contribution is 2.22. The molecular weight excluding hydrogens is 560 g/mol. The zero-order chi connectivity index (χ0) is 30.4. The van der Waals surface area contributed by atoms with E-state index in [4.69, 9.17) is 9.47 Å². The Hall–Kier alpha value is -0.940. The zero-order valence-corrected chi connectivity index (χ0v) is 25.0. The van der Waals surface area contributed by atoms with Crippen molar-refractivity contribution in [3.05, 3.63) is 0 Å². The van der Waals surface area contributed by atoms with Gasteiger partial charge >= 0.3 is 0 Å². The molecule has 8 atom stereocenters. The maximum atomic E-state index is 12.6. The number of amides is 1. The lowest BCUT2D eigenvalue weighted by Crippen LogP contribution is -2.60. The molecule has 2 saturated heterocycles. The van der Waals surface area contributed by atoms with Crippen molar-refractivity contribution in [1.29, 1.82) is 0 Å². The van der Waals surface area contributed by atoms with E-state index >= 15 is 0 Å². The van der Waals surface area contributed by atoms with Crippen LogP contribution in [0.2, 0.25) is 0 Å². The van der Waals surface area contributed by atoms with Crippen molar-refractivity contribution in [3.8, 4) is 0 Å². The molecule has 1 amide bonds. The van der Waals surface area contributed by atoms with Gasteiger partial charge in [0, 0.05) is 19.5 Å².